The van der Waals surface area contributed by atoms with Crippen LogP contribution in [0.3, 0.4) is 0 Å². The number of nitrogen functional groups attached to an aromatic ring is 1. The Labute approximate surface area is 148 Å². The van der Waals surface area contributed by atoms with Crippen molar-refractivity contribution in [1.29, 1.82) is 0 Å². The summed E-state index contributed by atoms with van der Waals surface area (Å²) < 4.78 is 5.76. The van der Waals surface area contributed by atoms with Gasteiger partial charge in [0.15, 0.2) is 0 Å². The summed E-state index contributed by atoms with van der Waals surface area (Å²) in [7, 11) is 0. The highest BCUT2D eigenvalue weighted by atomic mass is 35.5. The van der Waals surface area contributed by atoms with Crippen LogP contribution in [-0.2, 0) is 12.8 Å². The Morgan fingerprint density at radius 3 is 2.58 bits per heavy atom. The molecule has 0 fully saturated rings. The first-order chi connectivity index (χ1) is 11.5. The third kappa shape index (κ3) is 2.46. The van der Waals surface area contributed by atoms with Crippen molar-refractivity contribution in [3.05, 3.63) is 57.0 Å². The summed E-state index contributed by atoms with van der Waals surface area (Å²) in [4.78, 5) is 16.8. The van der Waals surface area contributed by atoms with Gasteiger partial charge >= 0.3 is 0 Å². The van der Waals surface area contributed by atoms with E-state index in [4.69, 9.17) is 33.4 Å². The maximum absolute atomic E-state index is 12.8. The SMILES string of the molecule is Nc1c(C(=O)c2nc(Cl)ccc2Cl)oc2cc3c(cc12)CCCC3. The van der Waals surface area contributed by atoms with Gasteiger partial charge in [0.1, 0.15) is 16.4 Å². The molecule has 1 aromatic carbocycles. The second-order valence-electron chi connectivity index (χ2n) is 5.96. The summed E-state index contributed by atoms with van der Waals surface area (Å²) in [6, 6.07) is 7.08. The fraction of sp³-hybridized carbons (Fsp3) is 0.222. The largest absolute Gasteiger partial charge is 0.450 e. The number of hydrogen-bond acceptors (Lipinski definition) is 4. The number of fused-ring (bicyclic) bond motifs is 2. The Morgan fingerprint density at radius 1 is 1.12 bits per heavy atom. The Bertz CT molecular complexity index is 979. The van der Waals surface area contributed by atoms with Crippen molar-refractivity contribution in [1.82, 2.24) is 4.98 Å². The molecule has 0 bridgehead atoms. The van der Waals surface area contributed by atoms with E-state index in [0.717, 1.165) is 18.2 Å². The maximum atomic E-state index is 12.8. The van der Waals surface area contributed by atoms with Crippen LogP contribution >= 0.6 is 23.2 Å². The first-order valence-electron chi connectivity index (χ1n) is 7.75. The van der Waals surface area contributed by atoms with Gasteiger partial charge in [0.05, 0.1) is 10.7 Å². The van der Waals surface area contributed by atoms with Crippen molar-refractivity contribution in [3.63, 3.8) is 0 Å². The van der Waals surface area contributed by atoms with Crippen LogP contribution in [0, 0.1) is 0 Å². The number of aromatic nitrogens is 1. The number of hydrogen-bond donors (Lipinski definition) is 1. The van der Waals surface area contributed by atoms with Gasteiger partial charge in [0, 0.05) is 5.39 Å². The van der Waals surface area contributed by atoms with E-state index in [0.29, 0.717) is 11.3 Å². The minimum Gasteiger partial charge on any atom is -0.450 e. The fourth-order valence-electron chi connectivity index (χ4n) is 3.20. The van der Waals surface area contributed by atoms with E-state index in [-0.39, 0.29) is 21.6 Å². The van der Waals surface area contributed by atoms with E-state index in [1.165, 1.54) is 36.1 Å². The lowest BCUT2D eigenvalue weighted by Crippen LogP contribution is -2.06. The molecule has 0 saturated heterocycles. The highest BCUT2D eigenvalue weighted by Gasteiger charge is 2.25. The van der Waals surface area contributed by atoms with Crippen LogP contribution in [0.4, 0.5) is 5.69 Å². The number of benzene rings is 1. The predicted octanol–water partition coefficient (Wildman–Crippen LogP) is 4.83. The van der Waals surface area contributed by atoms with Crippen LogP contribution in [0.1, 0.15) is 40.2 Å². The predicted molar refractivity (Wildman–Crippen MR) is 95.0 cm³/mol. The molecule has 2 N–H and O–H groups in total. The smallest absolute Gasteiger partial charge is 0.250 e. The second kappa shape index (κ2) is 5.80. The van der Waals surface area contributed by atoms with Gasteiger partial charge in [-0.1, -0.05) is 23.2 Å². The number of nitrogens with two attached hydrogens (primary N) is 1. The molecule has 4 nitrogen and oxygen atoms in total. The molecule has 122 valence electrons. The molecular formula is C18H14Cl2N2O2. The Balaban J connectivity index is 1.86. The summed E-state index contributed by atoms with van der Waals surface area (Å²) in [6.45, 7) is 0. The van der Waals surface area contributed by atoms with E-state index in [9.17, 15) is 4.79 Å². The van der Waals surface area contributed by atoms with Crippen molar-refractivity contribution in [2.45, 2.75) is 25.7 Å². The van der Waals surface area contributed by atoms with E-state index in [2.05, 4.69) is 4.98 Å². The molecule has 0 atom stereocenters. The van der Waals surface area contributed by atoms with Crippen molar-refractivity contribution in [2.75, 3.05) is 5.73 Å². The van der Waals surface area contributed by atoms with Crippen LogP contribution in [-0.4, -0.2) is 10.8 Å². The third-order valence-electron chi connectivity index (χ3n) is 4.42. The van der Waals surface area contributed by atoms with Gasteiger partial charge in [-0.3, -0.25) is 4.79 Å². The van der Waals surface area contributed by atoms with Crippen molar-refractivity contribution < 1.29 is 9.21 Å². The second-order valence-corrected chi connectivity index (χ2v) is 6.76. The normalized spacial score (nSPS) is 13.9. The molecule has 1 aliphatic rings. The number of carbonyl (C=O) groups is 1. The van der Waals surface area contributed by atoms with Crippen LogP contribution in [0.2, 0.25) is 10.2 Å². The molecule has 3 aromatic rings. The van der Waals surface area contributed by atoms with Crippen LogP contribution < -0.4 is 5.73 Å². The summed E-state index contributed by atoms with van der Waals surface area (Å²) >= 11 is 11.9. The van der Waals surface area contributed by atoms with Gasteiger partial charge < -0.3 is 10.2 Å². The maximum Gasteiger partial charge on any atom is 0.250 e. The van der Waals surface area contributed by atoms with Gasteiger partial charge in [-0.25, -0.2) is 4.98 Å². The zero-order valence-corrected chi connectivity index (χ0v) is 14.2. The number of carbonyl (C=O) groups excluding carboxylic acids is 1. The molecule has 0 aliphatic heterocycles. The topological polar surface area (TPSA) is 69.1 Å². The third-order valence-corrected chi connectivity index (χ3v) is 4.94. The summed E-state index contributed by atoms with van der Waals surface area (Å²) in [5, 5.41) is 1.16. The molecule has 6 heteroatoms. The van der Waals surface area contributed by atoms with Crippen molar-refractivity contribution >= 4 is 45.6 Å². The molecule has 4 rings (SSSR count). The lowest BCUT2D eigenvalue weighted by atomic mass is 9.90. The number of anilines is 1. The summed E-state index contributed by atoms with van der Waals surface area (Å²) in [5.41, 5.74) is 9.70. The lowest BCUT2D eigenvalue weighted by molar-refractivity contribution is 0.101. The monoisotopic (exact) mass is 360 g/mol. The highest BCUT2D eigenvalue weighted by molar-refractivity contribution is 6.36. The average Bonchev–Trinajstić information content (AvgIpc) is 2.90. The number of halogens is 2. The number of ketones is 1. The van der Waals surface area contributed by atoms with E-state index >= 15 is 0 Å². The number of pyridine rings is 1. The average molecular weight is 361 g/mol. The van der Waals surface area contributed by atoms with Crippen molar-refractivity contribution in [3.8, 4) is 0 Å². The zero-order valence-electron chi connectivity index (χ0n) is 12.7. The Hall–Kier alpha value is -2.04. The molecule has 2 aromatic heterocycles. The minimum atomic E-state index is -0.464. The van der Waals surface area contributed by atoms with Gasteiger partial charge in [-0.2, -0.15) is 0 Å². The highest BCUT2D eigenvalue weighted by Crippen LogP contribution is 2.35. The lowest BCUT2D eigenvalue weighted by Gasteiger charge is -2.14. The Kier molecular flexibility index (Phi) is 3.74. The summed E-state index contributed by atoms with van der Waals surface area (Å²) in [6.07, 6.45) is 4.39. The number of rotatable bonds is 2. The number of furan rings is 1. The molecule has 24 heavy (non-hydrogen) atoms. The molecule has 0 amide bonds. The van der Waals surface area contributed by atoms with E-state index < -0.39 is 5.78 Å². The zero-order chi connectivity index (χ0) is 16.8. The Morgan fingerprint density at radius 2 is 1.83 bits per heavy atom. The molecule has 0 saturated carbocycles. The standard InChI is InChI=1S/C18H14Cl2N2O2/c19-12-5-6-14(20)22-16(12)17(23)18-15(21)11-7-9-3-1-2-4-10(9)8-13(11)24-18/h5-8H,1-4,21H2. The van der Waals surface area contributed by atoms with E-state index in [1.807, 2.05) is 12.1 Å². The first-order valence-corrected chi connectivity index (χ1v) is 8.50. The fourth-order valence-corrected chi connectivity index (χ4v) is 3.54. The van der Waals surface area contributed by atoms with Crippen molar-refractivity contribution in [2.24, 2.45) is 0 Å². The van der Waals surface area contributed by atoms with Gasteiger partial charge in [0.25, 0.3) is 0 Å². The molecule has 1 aliphatic carbocycles. The van der Waals surface area contributed by atoms with Gasteiger partial charge in [-0.15, -0.1) is 0 Å². The quantitative estimate of drug-likeness (QED) is 0.525. The molecular weight excluding hydrogens is 347 g/mol. The molecule has 0 unspecified atom stereocenters. The van der Waals surface area contributed by atoms with E-state index in [1.54, 1.807) is 0 Å². The van der Waals surface area contributed by atoms with Gasteiger partial charge in [-0.05, 0) is 61.1 Å². The molecule has 2 heterocycles. The van der Waals surface area contributed by atoms with Crippen LogP contribution in [0.25, 0.3) is 11.0 Å². The van der Waals surface area contributed by atoms with Crippen LogP contribution in [0.5, 0.6) is 0 Å². The molecule has 0 spiro atoms. The van der Waals surface area contributed by atoms with Gasteiger partial charge in [0.2, 0.25) is 11.5 Å². The minimum absolute atomic E-state index is 0.0414. The summed E-state index contributed by atoms with van der Waals surface area (Å²) in [5.74, 6) is -0.404. The number of nitrogens with zero attached hydrogens (tertiary/aromatic N) is 1. The molecule has 0 radical (unpaired) electrons. The first kappa shape index (κ1) is 15.5. The number of aryl methyl sites for hydroxylation is 2. The van der Waals surface area contributed by atoms with Crippen LogP contribution in [0.15, 0.2) is 28.7 Å².